The van der Waals surface area contributed by atoms with Crippen molar-refractivity contribution in [1.29, 1.82) is 0 Å². The van der Waals surface area contributed by atoms with Crippen molar-refractivity contribution >= 4 is 29.1 Å². The van der Waals surface area contributed by atoms with Crippen LogP contribution in [0.3, 0.4) is 0 Å². The van der Waals surface area contributed by atoms with Crippen molar-refractivity contribution in [2.75, 3.05) is 25.0 Å². The quantitative estimate of drug-likeness (QED) is 0.434. The van der Waals surface area contributed by atoms with E-state index in [1.165, 1.54) is 0 Å². The number of benzene rings is 1. The minimum Gasteiger partial charge on any atom is -0.492 e. The molecule has 186 valence electrons. The summed E-state index contributed by atoms with van der Waals surface area (Å²) in [5.74, 6) is 0.263. The van der Waals surface area contributed by atoms with Crippen LogP contribution in [0.1, 0.15) is 58.3 Å². The molecule has 0 radical (unpaired) electrons. The van der Waals surface area contributed by atoms with Gasteiger partial charge in [-0.1, -0.05) is 32.4 Å². The van der Waals surface area contributed by atoms with Gasteiger partial charge in [-0.2, -0.15) is 0 Å². The van der Waals surface area contributed by atoms with Gasteiger partial charge in [0.1, 0.15) is 12.4 Å². The van der Waals surface area contributed by atoms with Gasteiger partial charge in [0.15, 0.2) is 0 Å². The summed E-state index contributed by atoms with van der Waals surface area (Å²) >= 11 is 6.28. The topological polar surface area (TPSA) is 83.6 Å². The molecule has 34 heavy (non-hydrogen) atoms. The Kier molecular flexibility index (Phi) is 10.2. The van der Waals surface area contributed by atoms with Crippen LogP contribution in [0.4, 0.5) is 5.69 Å². The Morgan fingerprint density at radius 3 is 2.41 bits per heavy atom. The van der Waals surface area contributed by atoms with Crippen LogP contribution in [0.15, 0.2) is 42.7 Å². The van der Waals surface area contributed by atoms with Gasteiger partial charge in [-0.15, -0.1) is 0 Å². The third-order valence-electron chi connectivity index (χ3n) is 5.64. The largest absolute Gasteiger partial charge is 0.492 e. The summed E-state index contributed by atoms with van der Waals surface area (Å²) in [6.45, 7) is 13.4. The van der Waals surface area contributed by atoms with Crippen LogP contribution in [-0.2, 0) is 4.79 Å². The van der Waals surface area contributed by atoms with E-state index in [9.17, 15) is 9.59 Å². The number of carbonyl (C=O) groups is 2. The zero-order valence-electron chi connectivity index (χ0n) is 21.0. The Hall–Kier alpha value is -2.80. The molecule has 1 aromatic carbocycles. The highest BCUT2D eigenvalue weighted by Gasteiger charge is 2.24. The van der Waals surface area contributed by atoms with E-state index in [1.807, 2.05) is 32.9 Å². The zero-order valence-corrected chi connectivity index (χ0v) is 21.8. The van der Waals surface area contributed by atoms with E-state index >= 15 is 0 Å². The van der Waals surface area contributed by atoms with Gasteiger partial charge in [0.05, 0.1) is 0 Å². The lowest BCUT2D eigenvalue weighted by molar-refractivity contribution is -0.122. The van der Waals surface area contributed by atoms with Gasteiger partial charge in [-0.25, -0.2) is 0 Å². The second-order valence-electron chi connectivity index (χ2n) is 9.68. The van der Waals surface area contributed by atoms with E-state index in [2.05, 4.69) is 36.4 Å². The van der Waals surface area contributed by atoms with Gasteiger partial charge in [0.2, 0.25) is 5.91 Å². The smallest absolute Gasteiger partial charge is 0.254 e. The summed E-state index contributed by atoms with van der Waals surface area (Å²) in [6.07, 6.45) is 3.66. The summed E-state index contributed by atoms with van der Waals surface area (Å²) in [5.41, 5.74) is 1.35. The van der Waals surface area contributed by atoms with Crippen LogP contribution in [0.25, 0.3) is 0 Å². The number of nitrogens with zero attached hydrogens (tertiary/aromatic N) is 2. The third kappa shape index (κ3) is 8.86. The number of amides is 2. The predicted molar refractivity (Wildman–Crippen MR) is 138 cm³/mol. The Morgan fingerprint density at radius 2 is 1.79 bits per heavy atom. The van der Waals surface area contributed by atoms with Gasteiger partial charge in [0, 0.05) is 60.3 Å². The lowest BCUT2D eigenvalue weighted by Crippen LogP contribution is -2.44. The Morgan fingerprint density at radius 1 is 1.12 bits per heavy atom. The molecule has 0 saturated carbocycles. The minimum atomic E-state index is -0.186. The number of anilines is 1. The molecular weight excluding hydrogens is 452 g/mol. The van der Waals surface area contributed by atoms with Crippen molar-refractivity contribution in [3.63, 3.8) is 0 Å². The maximum Gasteiger partial charge on any atom is 0.254 e. The Labute approximate surface area is 208 Å². The van der Waals surface area contributed by atoms with E-state index in [-0.39, 0.29) is 35.7 Å². The summed E-state index contributed by atoms with van der Waals surface area (Å²) in [5, 5.41) is 6.68. The predicted octanol–water partition coefficient (Wildman–Crippen LogP) is 5.02. The van der Waals surface area contributed by atoms with Crippen LogP contribution in [0.5, 0.6) is 5.75 Å². The van der Waals surface area contributed by atoms with Crippen LogP contribution < -0.4 is 15.4 Å². The van der Waals surface area contributed by atoms with Crippen LogP contribution in [0.2, 0.25) is 5.02 Å². The van der Waals surface area contributed by atoms with Crippen molar-refractivity contribution < 1.29 is 14.3 Å². The average molecular weight is 489 g/mol. The standard InChI is InChI=1S/C26H37ClN4O3/c1-18(2)31(13-9-24(32)30-19(3)26(4,5)6)25(33)20-15-21(27)17-23(16-20)34-14-12-29-22-7-10-28-11-8-22/h7-8,10-11,15-19H,9,12-14H2,1-6H3,(H,28,29)(H,30,32). The second kappa shape index (κ2) is 12.6. The number of hydrogen-bond acceptors (Lipinski definition) is 5. The van der Waals surface area contributed by atoms with Crippen molar-refractivity contribution in [2.45, 2.75) is 60.0 Å². The molecular formula is C26H37ClN4O3. The molecule has 0 aliphatic carbocycles. The molecule has 8 heteroatoms. The van der Waals surface area contributed by atoms with Crippen molar-refractivity contribution in [2.24, 2.45) is 5.41 Å². The lowest BCUT2D eigenvalue weighted by Gasteiger charge is -2.30. The number of ether oxygens (including phenoxy) is 1. The first-order chi connectivity index (χ1) is 16.0. The molecule has 0 aliphatic rings. The molecule has 7 nitrogen and oxygen atoms in total. The molecule has 0 saturated heterocycles. The number of aromatic nitrogens is 1. The molecule has 2 N–H and O–H groups in total. The molecule has 1 heterocycles. The first kappa shape index (κ1) is 27.4. The lowest BCUT2D eigenvalue weighted by atomic mass is 9.88. The first-order valence-corrected chi connectivity index (χ1v) is 12.0. The summed E-state index contributed by atoms with van der Waals surface area (Å²) in [7, 11) is 0. The van der Waals surface area contributed by atoms with Gasteiger partial charge < -0.3 is 20.3 Å². The highest BCUT2D eigenvalue weighted by molar-refractivity contribution is 6.31. The summed E-state index contributed by atoms with van der Waals surface area (Å²) < 4.78 is 5.82. The van der Waals surface area contributed by atoms with E-state index in [0.29, 0.717) is 36.0 Å². The van der Waals surface area contributed by atoms with Crippen LogP contribution >= 0.6 is 11.6 Å². The van der Waals surface area contributed by atoms with E-state index in [4.69, 9.17) is 16.3 Å². The van der Waals surface area contributed by atoms with Gasteiger partial charge in [0.25, 0.3) is 5.91 Å². The first-order valence-electron chi connectivity index (χ1n) is 11.6. The second-order valence-corrected chi connectivity index (χ2v) is 10.1. The number of pyridine rings is 1. The van der Waals surface area contributed by atoms with Crippen LogP contribution in [-0.4, -0.2) is 53.5 Å². The highest BCUT2D eigenvalue weighted by atomic mass is 35.5. The number of nitrogens with one attached hydrogen (secondary N) is 2. The molecule has 1 atom stereocenters. The maximum atomic E-state index is 13.3. The monoisotopic (exact) mass is 488 g/mol. The highest BCUT2D eigenvalue weighted by Crippen LogP contribution is 2.23. The average Bonchev–Trinajstić information content (AvgIpc) is 2.76. The SMILES string of the molecule is CC(C)N(CCC(=O)NC(C)C(C)(C)C)C(=O)c1cc(Cl)cc(OCCNc2ccncc2)c1. The molecule has 2 amide bonds. The van der Waals surface area contributed by atoms with Crippen molar-refractivity contribution in [1.82, 2.24) is 15.2 Å². The number of rotatable bonds is 11. The van der Waals surface area contributed by atoms with Crippen molar-refractivity contribution in [3.8, 4) is 5.75 Å². The fraction of sp³-hybridized carbons (Fsp3) is 0.500. The number of halogens is 1. The molecule has 0 bridgehead atoms. The fourth-order valence-corrected chi connectivity index (χ4v) is 3.34. The fourth-order valence-electron chi connectivity index (χ4n) is 3.12. The minimum absolute atomic E-state index is 0.0314. The van der Waals surface area contributed by atoms with Gasteiger partial charge in [-0.05, 0) is 56.5 Å². The third-order valence-corrected chi connectivity index (χ3v) is 5.86. The summed E-state index contributed by atoms with van der Waals surface area (Å²) in [6, 6.07) is 8.71. The maximum absolute atomic E-state index is 13.3. The van der Waals surface area contributed by atoms with Crippen molar-refractivity contribution in [3.05, 3.63) is 53.3 Å². The molecule has 0 fully saturated rings. The van der Waals surface area contributed by atoms with E-state index in [0.717, 1.165) is 5.69 Å². The molecule has 1 aromatic heterocycles. The number of carbonyl (C=O) groups excluding carboxylic acids is 2. The van der Waals surface area contributed by atoms with Gasteiger partial charge in [-0.3, -0.25) is 14.6 Å². The molecule has 0 aliphatic heterocycles. The molecule has 2 rings (SSSR count). The van der Waals surface area contributed by atoms with Gasteiger partial charge >= 0.3 is 0 Å². The van der Waals surface area contributed by atoms with E-state index in [1.54, 1.807) is 35.5 Å². The normalized spacial score (nSPS) is 12.2. The number of hydrogen-bond donors (Lipinski definition) is 2. The van der Waals surface area contributed by atoms with E-state index < -0.39 is 0 Å². The summed E-state index contributed by atoms with van der Waals surface area (Å²) in [4.78, 5) is 31.4. The molecule has 0 spiro atoms. The Bertz CT molecular complexity index is 945. The molecule has 1 unspecified atom stereocenters. The Balaban J connectivity index is 1.97. The molecule has 2 aromatic rings. The van der Waals surface area contributed by atoms with Crippen LogP contribution in [0, 0.1) is 5.41 Å². The zero-order chi connectivity index (χ0) is 25.3.